The van der Waals surface area contributed by atoms with Crippen LogP contribution in [0.25, 0.3) is 0 Å². The smallest absolute Gasteiger partial charge is 0.439 e. The molecule has 1 heterocycles. The molecule has 1 aromatic rings. The maximum absolute atomic E-state index is 10.7. The van der Waals surface area contributed by atoms with Gasteiger partial charge >= 0.3 is 5.76 Å². The molecule has 0 aliphatic rings. The molecule has 0 amide bonds. The zero-order chi connectivity index (χ0) is 9.14. The van der Waals surface area contributed by atoms with Crippen molar-refractivity contribution in [2.75, 3.05) is 0 Å². The standard InChI is InChI=1S/C7H8N2O3.U.V.W/c1-5(10)3-4-6-8-12-7(11)9(6)2;;;/h3-4H,1-2H3;;;/q-2;;;. The van der Waals surface area contributed by atoms with E-state index < -0.39 is 5.76 Å². The number of Topliss-reactive ketones (excluding diaryl/α,β-unsaturated/α-hetero) is 1. The average Bonchev–Trinajstić information content (AvgIpc) is 2.30. The first-order chi connectivity index (χ1) is 5.61. The molecule has 81 valence electrons. The summed E-state index contributed by atoms with van der Waals surface area (Å²) in [6.45, 7) is 1.41. The molecule has 1 aromatic heterocycles. The summed E-state index contributed by atoms with van der Waals surface area (Å²) in [6, 6.07) is 0. The van der Waals surface area contributed by atoms with Gasteiger partial charge in [0.05, 0.1) is 0 Å². The fourth-order valence-corrected chi connectivity index (χ4v) is 0.636. The van der Waals surface area contributed by atoms with Gasteiger partial charge in [-0.1, -0.05) is 5.16 Å². The summed E-state index contributed by atoms with van der Waals surface area (Å²) in [6.07, 6.45) is 2.74. The van der Waals surface area contributed by atoms with Crippen LogP contribution >= 0.6 is 0 Å². The molecule has 0 aliphatic heterocycles. The summed E-state index contributed by atoms with van der Waals surface area (Å²) in [5.41, 5.74) is 0. The van der Waals surface area contributed by atoms with Crippen molar-refractivity contribution in [3.05, 3.63) is 29.2 Å². The molecule has 0 N–H and O–H groups in total. The predicted octanol–water partition coefficient (Wildman–Crippen LogP) is -0.286. The Morgan fingerprint density at radius 1 is 1.53 bits per heavy atom. The average molecular weight is 641 g/mol. The van der Waals surface area contributed by atoms with Gasteiger partial charge in [0, 0.05) is 77.8 Å². The summed E-state index contributed by atoms with van der Waals surface area (Å²) >= 11 is 0. The van der Waals surface area contributed by atoms with E-state index in [2.05, 4.69) is 9.68 Å². The van der Waals surface area contributed by atoms with E-state index in [4.69, 9.17) is 0 Å². The molecule has 1 rings (SSSR count). The molecular weight excluding hydrogens is 633 g/mol. The molecule has 0 saturated heterocycles. The third-order valence-corrected chi connectivity index (χ3v) is 1.30. The topological polar surface area (TPSA) is 65.1 Å². The van der Waals surface area contributed by atoms with Crippen LogP contribution in [-0.2, 0) is 51.5 Å². The Morgan fingerprint density at radius 3 is 2.40 bits per heavy atom. The number of carbonyl (C=O) groups is 1. The van der Waals surface area contributed by atoms with Gasteiger partial charge in [-0.05, 0) is 18.5 Å². The molecule has 0 bridgehead atoms. The molecular formula is C7H8N2O3UVW-2. The van der Waals surface area contributed by atoms with Crippen molar-refractivity contribution in [3.8, 4) is 0 Å². The van der Waals surface area contributed by atoms with Gasteiger partial charge in [-0.25, -0.2) is 4.79 Å². The molecule has 0 aliphatic carbocycles. The van der Waals surface area contributed by atoms with Crippen LogP contribution in [0.3, 0.4) is 0 Å². The number of carbonyl (C=O) groups excluding carboxylic acids is 1. The first kappa shape index (κ1) is 21.0. The SMILES string of the molecule is CC(=O)[CH-][CH-]c1noc(=O)n1C.[U].[V].[W]. The van der Waals surface area contributed by atoms with E-state index >= 15 is 0 Å². The van der Waals surface area contributed by atoms with Crippen molar-refractivity contribution in [2.45, 2.75) is 6.92 Å². The van der Waals surface area contributed by atoms with Gasteiger partial charge in [-0.2, -0.15) is 0 Å². The maximum Gasteiger partial charge on any atom is 0.439 e. The van der Waals surface area contributed by atoms with Crippen LogP contribution in [-0.4, -0.2) is 15.5 Å². The van der Waals surface area contributed by atoms with E-state index in [-0.39, 0.29) is 76.5 Å². The summed E-state index contributed by atoms with van der Waals surface area (Å²) < 4.78 is 5.53. The Bertz CT molecular complexity index is 352. The monoisotopic (exact) mass is 641 g/mol. The minimum atomic E-state index is -0.543. The van der Waals surface area contributed by atoms with Crippen molar-refractivity contribution in [3.63, 3.8) is 0 Å². The number of rotatable bonds is 3. The van der Waals surface area contributed by atoms with Gasteiger partial charge in [0.15, 0.2) is 0 Å². The van der Waals surface area contributed by atoms with Gasteiger partial charge in [-0.15, -0.1) is 0 Å². The van der Waals surface area contributed by atoms with E-state index in [1.54, 1.807) is 0 Å². The number of nitrogens with zero attached hydrogens (tertiary/aromatic N) is 2. The number of hydrogen-bond donors (Lipinski definition) is 0. The van der Waals surface area contributed by atoms with Gasteiger partial charge in [-0.3, -0.25) is 9.09 Å². The van der Waals surface area contributed by atoms with Crippen LogP contribution in [0, 0.1) is 44.0 Å². The molecule has 8 heteroatoms. The molecule has 0 spiro atoms. The predicted molar refractivity (Wildman–Crippen MR) is 40.1 cm³/mol. The first-order valence-corrected chi connectivity index (χ1v) is 3.32. The zero-order valence-corrected chi connectivity index (χ0v) is 16.6. The van der Waals surface area contributed by atoms with Crippen LogP contribution in [0.1, 0.15) is 12.7 Å². The van der Waals surface area contributed by atoms with Crippen LogP contribution < -0.4 is 5.76 Å². The third kappa shape index (κ3) is 6.76. The molecule has 5 nitrogen and oxygen atoms in total. The minimum Gasteiger partial charge on any atom is -0.468 e. The molecule has 1 radical (unpaired) electrons. The molecule has 0 fully saturated rings. The van der Waals surface area contributed by atoms with Crippen LogP contribution in [0.15, 0.2) is 9.32 Å². The molecule has 15 heavy (non-hydrogen) atoms. The Morgan fingerprint density at radius 2 is 2.07 bits per heavy atom. The van der Waals surface area contributed by atoms with Crippen LogP contribution in [0.5, 0.6) is 0 Å². The van der Waals surface area contributed by atoms with Gasteiger partial charge in [0.1, 0.15) is 0 Å². The summed E-state index contributed by atoms with van der Waals surface area (Å²) in [5, 5.41) is 3.42. The second-order valence-electron chi connectivity index (χ2n) is 2.31. The van der Waals surface area contributed by atoms with E-state index in [0.717, 1.165) is 0 Å². The van der Waals surface area contributed by atoms with Crippen LogP contribution in [0.4, 0.5) is 0 Å². The first-order valence-electron chi connectivity index (χ1n) is 3.32. The van der Waals surface area contributed by atoms with Gasteiger partial charge < -0.3 is 17.6 Å². The number of aromatic nitrogens is 2. The summed E-state index contributed by atoms with van der Waals surface area (Å²) in [7, 11) is 1.51. The van der Waals surface area contributed by atoms with Gasteiger partial charge in [0.25, 0.3) is 0 Å². The molecule has 0 aromatic carbocycles. The minimum absolute atomic E-state index is 0. The Hall–Kier alpha value is 0.675. The fourth-order valence-electron chi connectivity index (χ4n) is 0.636. The van der Waals surface area contributed by atoms with Crippen molar-refractivity contribution in [2.24, 2.45) is 7.05 Å². The molecule has 0 unspecified atom stereocenters. The fraction of sp³-hybridized carbons (Fsp3) is 0.286. The Labute approximate surface area is 137 Å². The Balaban J connectivity index is -0.000000480. The van der Waals surface area contributed by atoms with Crippen molar-refractivity contribution in [1.82, 2.24) is 9.72 Å². The van der Waals surface area contributed by atoms with Crippen molar-refractivity contribution >= 4 is 5.78 Å². The second-order valence-corrected chi connectivity index (χ2v) is 2.31. The number of hydrogen-bond acceptors (Lipinski definition) is 4. The Kier molecular flexibility index (Phi) is 13.8. The molecule has 0 atom stereocenters. The second kappa shape index (κ2) is 9.87. The van der Waals surface area contributed by atoms with Crippen molar-refractivity contribution < 1.29 is 80.1 Å². The summed E-state index contributed by atoms with van der Waals surface area (Å²) in [5.74, 6) is -0.321. The van der Waals surface area contributed by atoms with Crippen LogP contribution in [0.2, 0.25) is 0 Å². The van der Waals surface area contributed by atoms with Gasteiger partial charge in [0.2, 0.25) is 0 Å². The largest absolute Gasteiger partial charge is 0.468 e. The van der Waals surface area contributed by atoms with E-state index in [9.17, 15) is 9.59 Å². The quantitative estimate of drug-likeness (QED) is 0.427. The number of ketones is 1. The summed E-state index contributed by atoms with van der Waals surface area (Å²) in [4.78, 5) is 21.2. The van der Waals surface area contributed by atoms with E-state index in [1.807, 2.05) is 0 Å². The normalized spacial score (nSPS) is 7.60. The molecule has 0 saturated carbocycles. The third-order valence-electron chi connectivity index (χ3n) is 1.30. The van der Waals surface area contributed by atoms with Crippen molar-refractivity contribution in [1.29, 1.82) is 0 Å². The van der Waals surface area contributed by atoms with E-state index in [0.29, 0.717) is 5.82 Å². The maximum atomic E-state index is 10.7. The zero-order valence-electron chi connectivity index (χ0n) is 8.13. The van der Waals surface area contributed by atoms with E-state index in [1.165, 1.54) is 31.4 Å².